The lowest BCUT2D eigenvalue weighted by Gasteiger charge is -2.38. The number of hydrogen-bond donors (Lipinski definition) is 1. The molecule has 2 heterocycles. The molecule has 3 amide bonds. The Labute approximate surface area is 239 Å². The summed E-state index contributed by atoms with van der Waals surface area (Å²) in [6.45, 7) is 4.41. The van der Waals surface area contributed by atoms with Gasteiger partial charge in [0.2, 0.25) is 0 Å². The first-order valence-corrected chi connectivity index (χ1v) is 13.1. The molecule has 0 spiro atoms. The third kappa shape index (κ3) is 5.19. The smallest absolute Gasteiger partial charge is 0.315 e. The monoisotopic (exact) mass is 564 g/mol. The van der Waals surface area contributed by atoms with Crippen LogP contribution in [0.5, 0.6) is 0 Å². The summed E-state index contributed by atoms with van der Waals surface area (Å²) in [4.78, 5) is 30.3. The molecule has 0 aliphatic carbocycles. The number of likely N-dealkylation sites (tertiary alicyclic amines) is 1. The van der Waals surface area contributed by atoms with Crippen molar-refractivity contribution in [2.24, 2.45) is 0 Å². The highest BCUT2D eigenvalue weighted by Crippen LogP contribution is 2.38. The SMILES string of the molecule is Cc1ccccc1C1(C#N)CCN(CCCN2C(=O)NC(c3ccc(F)cc3)(c3ccc(F)cc3)C2=O)CC1.Cl. The Balaban J connectivity index is 0.00000370. The van der Waals surface area contributed by atoms with Crippen LogP contribution in [-0.4, -0.2) is 47.9 Å². The number of imide groups is 1. The Morgan fingerprint density at radius 1 is 0.875 bits per heavy atom. The number of nitriles is 1. The zero-order chi connectivity index (χ0) is 27.6. The van der Waals surface area contributed by atoms with Gasteiger partial charge in [-0.25, -0.2) is 13.6 Å². The fraction of sp³-hybridized carbons (Fsp3) is 0.323. The van der Waals surface area contributed by atoms with E-state index < -0.39 is 34.5 Å². The fourth-order valence-corrected chi connectivity index (χ4v) is 5.90. The van der Waals surface area contributed by atoms with Crippen LogP contribution in [0.25, 0.3) is 0 Å². The molecule has 3 aromatic rings. The second kappa shape index (κ2) is 11.7. The van der Waals surface area contributed by atoms with E-state index in [0.29, 0.717) is 24.1 Å². The van der Waals surface area contributed by atoms with Crippen LogP contribution < -0.4 is 5.32 Å². The predicted molar refractivity (Wildman–Crippen MR) is 150 cm³/mol. The van der Waals surface area contributed by atoms with E-state index in [1.807, 2.05) is 31.2 Å². The topological polar surface area (TPSA) is 76.4 Å². The van der Waals surface area contributed by atoms with Crippen LogP contribution in [0.3, 0.4) is 0 Å². The van der Waals surface area contributed by atoms with Crippen molar-refractivity contribution >= 4 is 24.3 Å². The lowest BCUT2D eigenvalue weighted by Crippen LogP contribution is -2.45. The minimum Gasteiger partial charge on any atom is -0.315 e. The molecular formula is C31H31ClF2N4O2. The first-order chi connectivity index (χ1) is 18.8. The number of hydrogen-bond acceptors (Lipinski definition) is 4. The molecular weight excluding hydrogens is 534 g/mol. The molecule has 0 bridgehead atoms. The predicted octanol–water partition coefficient (Wildman–Crippen LogP) is 5.44. The van der Waals surface area contributed by atoms with Gasteiger partial charge in [0.05, 0.1) is 11.5 Å². The van der Waals surface area contributed by atoms with E-state index in [9.17, 15) is 23.6 Å². The van der Waals surface area contributed by atoms with Crippen LogP contribution in [0, 0.1) is 29.9 Å². The number of urea groups is 1. The van der Waals surface area contributed by atoms with Crippen molar-refractivity contribution in [2.75, 3.05) is 26.2 Å². The third-order valence-electron chi connectivity index (χ3n) is 8.10. The van der Waals surface area contributed by atoms with Crippen molar-refractivity contribution in [2.45, 2.75) is 37.1 Å². The van der Waals surface area contributed by atoms with Crippen LogP contribution in [-0.2, 0) is 15.7 Å². The van der Waals surface area contributed by atoms with E-state index in [0.717, 1.165) is 37.1 Å². The van der Waals surface area contributed by atoms with Gasteiger partial charge in [-0.2, -0.15) is 5.26 Å². The van der Waals surface area contributed by atoms with Gasteiger partial charge >= 0.3 is 6.03 Å². The lowest BCUT2D eigenvalue weighted by atomic mass is 9.72. The number of nitrogens with one attached hydrogen (secondary N) is 1. The van der Waals surface area contributed by atoms with Gasteiger partial charge in [-0.05, 0) is 92.3 Å². The van der Waals surface area contributed by atoms with Gasteiger partial charge in [0.25, 0.3) is 5.91 Å². The van der Waals surface area contributed by atoms with Crippen LogP contribution >= 0.6 is 12.4 Å². The Kier molecular flexibility index (Phi) is 8.57. The Bertz CT molecular complexity index is 1370. The highest BCUT2D eigenvalue weighted by Gasteiger charge is 2.53. The number of nitrogens with zero attached hydrogens (tertiary/aromatic N) is 3. The highest BCUT2D eigenvalue weighted by atomic mass is 35.5. The molecule has 2 fully saturated rings. The zero-order valence-electron chi connectivity index (χ0n) is 22.2. The number of aryl methyl sites for hydroxylation is 1. The number of piperidine rings is 1. The van der Waals surface area contributed by atoms with Crippen LogP contribution in [0.1, 0.15) is 41.5 Å². The summed E-state index contributed by atoms with van der Waals surface area (Å²) in [5.74, 6) is -1.41. The van der Waals surface area contributed by atoms with E-state index in [-0.39, 0.29) is 19.0 Å². The average Bonchev–Trinajstić information content (AvgIpc) is 3.20. The van der Waals surface area contributed by atoms with Crippen LogP contribution in [0.15, 0.2) is 72.8 Å². The van der Waals surface area contributed by atoms with Gasteiger partial charge in [-0.1, -0.05) is 48.5 Å². The third-order valence-corrected chi connectivity index (χ3v) is 8.10. The molecule has 3 aromatic carbocycles. The first kappa shape index (κ1) is 29.2. The van der Waals surface area contributed by atoms with E-state index in [1.54, 1.807) is 0 Å². The summed E-state index contributed by atoms with van der Waals surface area (Å²) >= 11 is 0. The van der Waals surface area contributed by atoms with Gasteiger partial charge in [0, 0.05) is 6.54 Å². The van der Waals surface area contributed by atoms with Crippen LogP contribution in [0.4, 0.5) is 13.6 Å². The molecule has 9 heteroatoms. The normalized spacial score (nSPS) is 18.1. The minimum atomic E-state index is -1.57. The van der Waals surface area contributed by atoms with Gasteiger partial charge in [0.1, 0.15) is 11.6 Å². The largest absolute Gasteiger partial charge is 0.325 e. The maximum atomic E-state index is 13.8. The molecule has 208 valence electrons. The van der Waals surface area contributed by atoms with Crippen molar-refractivity contribution in [3.8, 4) is 6.07 Å². The van der Waals surface area contributed by atoms with Crippen molar-refractivity contribution in [3.05, 3.63) is 107 Å². The zero-order valence-corrected chi connectivity index (χ0v) is 23.0. The maximum Gasteiger partial charge on any atom is 0.325 e. The summed E-state index contributed by atoms with van der Waals surface area (Å²) in [6.07, 6.45) is 2.00. The van der Waals surface area contributed by atoms with Crippen LogP contribution in [0.2, 0.25) is 0 Å². The maximum absolute atomic E-state index is 13.8. The van der Waals surface area contributed by atoms with E-state index in [4.69, 9.17) is 0 Å². The molecule has 2 aliphatic rings. The van der Waals surface area contributed by atoms with Gasteiger partial charge < -0.3 is 10.2 Å². The summed E-state index contributed by atoms with van der Waals surface area (Å²) in [5.41, 5.74) is 0.939. The van der Waals surface area contributed by atoms with Crippen molar-refractivity contribution in [1.29, 1.82) is 5.26 Å². The molecule has 6 nitrogen and oxygen atoms in total. The van der Waals surface area contributed by atoms with Gasteiger partial charge in [-0.15, -0.1) is 12.4 Å². The Morgan fingerprint density at radius 3 is 1.95 bits per heavy atom. The first-order valence-electron chi connectivity index (χ1n) is 13.1. The fourth-order valence-electron chi connectivity index (χ4n) is 5.90. The highest BCUT2D eigenvalue weighted by molar-refractivity contribution is 6.09. The van der Waals surface area contributed by atoms with Crippen molar-refractivity contribution < 1.29 is 18.4 Å². The standard InChI is InChI=1S/C31H30F2N4O2.ClH/c1-22-5-2-3-6-27(22)30(21-34)15-19-36(20-16-30)17-4-18-37-28(38)31(35-29(37)39,23-7-11-25(32)12-8-23)24-9-13-26(33)14-10-24;/h2-3,5-14H,4,15-20H2,1H3,(H,35,39);1H. The van der Waals surface area contributed by atoms with E-state index in [1.165, 1.54) is 53.4 Å². The van der Waals surface area contributed by atoms with Gasteiger partial charge in [0.15, 0.2) is 5.54 Å². The number of rotatable bonds is 7. The second-order valence-electron chi connectivity index (χ2n) is 10.4. The summed E-state index contributed by atoms with van der Waals surface area (Å²) < 4.78 is 27.4. The molecule has 2 saturated heterocycles. The molecule has 0 atom stereocenters. The minimum absolute atomic E-state index is 0. The number of halogens is 3. The number of benzene rings is 3. The van der Waals surface area contributed by atoms with Crippen molar-refractivity contribution in [3.63, 3.8) is 0 Å². The lowest BCUT2D eigenvalue weighted by molar-refractivity contribution is -0.130. The number of carbonyl (C=O) groups is 2. The van der Waals surface area contributed by atoms with Crippen molar-refractivity contribution in [1.82, 2.24) is 15.1 Å². The molecule has 0 aromatic heterocycles. The number of amides is 3. The Morgan fingerprint density at radius 2 is 1.43 bits per heavy atom. The molecule has 0 radical (unpaired) electrons. The molecule has 1 N–H and O–H groups in total. The average molecular weight is 565 g/mol. The molecule has 2 aliphatic heterocycles. The summed E-state index contributed by atoms with van der Waals surface area (Å²) in [5, 5.41) is 12.9. The molecule has 0 saturated carbocycles. The number of carbonyl (C=O) groups excluding carboxylic acids is 2. The molecule has 5 rings (SSSR count). The van der Waals surface area contributed by atoms with E-state index >= 15 is 0 Å². The summed E-state index contributed by atoms with van der Waals surface area (Å²) in [7, 11) is 0. The Hall–Kier alpha value is -3.80. The van der Waals surface area contributed by atoms with Gasteiger partial charge in [-0.3, -0.25) is 9.69 Å². The second-order valence-corrected chi connectivity index (χ2v) is 10.4. The molecule has 0 unspecified atom stereocenters. The molecule has 40 heavy (non-hydrogen) atoms. The summed E-state index contributed by atoms with van der Waals surface area (Å²) in [6, 6.07) is 20.9. The quantitative estimate of drug-likeness (QED) is 0.388. The van der Waals surface area contributed by atoms with E-state index in [2.05, 4.69) is 16.3 Å².